The van der Waals surface area contributed by atoms with Crippen LogP contribution in [0.25, 0.3) is 0 Å². The van der Waals surface area contributed by atoms with Crippen molar-refractivity contribution < 1.29 is 24.0 Å². The number of aryl methyl sites for hydroxylation is 1. The normalized spacial score (nSPS) is 12.1. The zero-order valence-corrected chi connectivity index (χ0v) is 9.10. The fourth-order valence-electron chi connectivity index (χ4n) is 1.35. The molecule has 0 bridgehead atoms. The Hall–Kier alpha value is -1.85. The first-order valence-electron chi connectivity index (χ1n) is 4.74. The SMILES string of the molecule is COC(=O)CC(CC(=O)O)c1cc(C)on1. The van der Waals surface area contributed by atoms with Crippen molar-refractivity contribution in [3.05, 3.63) is 17.5 Å². The first kappa shape index (κ1) is 12.2. The molecule has 0 aromatic carbocycles. The van der Waals surface area contributed by atoms with Gasteiger partial charge in [-0.05, 0) is 6.92 Å². The standard InChI is InChI=1S/C10H13NO5/c1-6-3-8(11-16-6)7(4-9(12)13)5-10(14)15-2/h3,7H,4-5H2,1-2H3,(H,12,13). The first-order valence-corrected chi connectivity index (χ1v) is 4.74. The quantitative estimate of drug-likeness (QED) is 0.757. The van der Waals surface area contributed by atoms with Gasteiger partial charge in [-0.25, -0.2) is 0 Å². The monoisotopic (exact) mass is 227 g/mol. The van der Waals surface area contributed by atoms with Crippen molar-refractivity contribution in [3.8, 4) is 0 Å². The van der Waals surface area contributed by atoms with Crippen LogP contribution in [0, 0.1) is 6.92 Å². The molecule has 0 aliphatic carbocycles. The molecule has 1 N–H and O–H groups in total. The molecule has 1 aromatic heterocycles. The molecule has 1 heterocycles. The van der Waals surface area contributed by atoms with Crippen molar-refractivity contribution in [2.24, 2.45) is 0 Å². The van der Waals surface area contributed by atoms with Crippen molar-refractivity contribution in [2.75, 3.05) is 7.11 Å². The summed E-state index contributed by atoms with van der Waals surface area (Å²) in [7, 11) is 1.26. The highest BCUT2D eigenvalue weighted by Gasteiger charge is 2.22. The van der Waals surface area contributed by atoms with Crippen molar-refractivity contribution in [2.45, 2.75) is 25.7 Å². The molecule has 1 unspecified atom stereocenters. The van der Waals surface area contributed by atoms with Gasteiger partial charge in [0, 0.05) is 12.0 Å². The van der Waals surface area contributed by atoms with E-state index in [9.17, 15) is 9.59 Å². The lowest BCUT2D eigenvalue weighted by molar-refractivity contribution is -0.142. The number of hydrogen-bond acceptors (Lipinski definition) is 5. The van der Waals surface area contributed by atoms with E-state index >= 15 is 0 Å². The lowest BCUT2D eigenvalue weighted by Gasteiger charge is -2.09. The number of aromatic nitrogens is 1. The number of aliphatic carboxylic acids is 1. The minimum Gasteiger partial charge on any atom is -0.481 e. The summed E-state index contributed by atoms with van der Waals surface area (Å²) in [5.74, 6) is -1.39. The van der Waals surface area contributed by atoms with E-state index in [0.717, 1.165) is 0 Å². The van der Waals surface area contributed by atoms with Crippen molar-refractivity contribution in [1.29, 1.82) is 0 Å². The average molecular weight is 227 g/mol. The Bertz CT molecular complexity index is 384. The summed E-state index contributed by atoms with van der Waals surface area (Å²) in [5.41, 5.74) is 0.463. The molecule has 1 atom stereocenters. The molecular formula is C10H13NO5. The number of esters is 1. The van der Waals surface area contributed by atoms with Gasteiger partial charge in [0.15, 0.2) is 0 Å². The van der Waals surface area contributed by atoms with Gasteiger partial charge in [0.05, 0.1) is 25.6 Å². The number of carboxylic acids is 1. The topological polar surface area (TPSA) is 89.6 Å². The Morgan fingerprint density at radius 3 is 2.69 bits per heavy atom. The number of carboxylic acid groups (broad SMARTS) is 1. The van der Waals surface area contributed by atoms with E-state index in [1.165, 1.54) is 7.11 Å². The van der Waals surface area contributed by atoms with Gasteiger partial charge >= 0.3 is 11.9 Å². The van der Waals surface area contributed by atoms with E-state index in [0.29, 0.717) is 11.5 Å². The summed E-state index contributed by atoms with van der Waals surface area (Å²) in [6.07, 6.45) is -0.199. The smallest absolute Gasteiger partial charge is 0.306 e. The van der Waals surface area contributed by atoms with E-state index < -0.39 is 17.9 Å². The highest BCUT2D eigenvalue weighted by Crippen LogP contribution is 2.23. The van der Waals surface area contributed by atoms with Gasteiger partial charge in [-0.2, -0.15) is 0 Å². The van der Waals surface area contributed by atoms with Gasteiger partial charge in [0.1, 0.15) is 5.76 Å². The minimum atomic E-state index is -0.991. The maximum Gasteiger partial charge on any atom is 0.306 e. The van der Waals surface area contributed by atoms with E-state index in [2.05, 4.69) is 9.89 Å². The molecule has 88 valence electrons. The molecule has 0 aliphatic rings. The highest BCUT2D eigenvalue weighted by atomic mass is 16.5. The molecule has 0 saturated carbocycles. The third-order valence-electron chi connectivity index (χ3n) is 2.13. The van der Waals surface area contributed by atoms with Crippen LogP contribution in [0.4, 0.5) is 0 Å². The lowest BCUT2D eigenvalue weighted by atomic mass is 9.97. The third-order valence-corrected chi connectivity index (χ3v) is 2.13. The van der Waals surface area contributed by atoms with Gasteiger partial charge in [0.2, 0.25) is 0 Å². The molecule has 1 rings (SSSR count). The van der Waals surface area contributed by atoms with Crippen LogP contribution in [0.3, 0.4) is 0 Å². The molecule has 0 fully saturated rings. The summed E-state index contributed by atoms with van der Waals surface area (Å²) in [6, 6.07) is 1.62. The number of rotatable bonds is 5. The second-order valence-corrected chi connectivity index (χ2v) is 3.44. The van der Waals surface area contributed by atoms with Crippen LogP contribution in [-0.4, -0.2) is 29.3 Å². The van der Waals surface area contributed by atoms with Gasteiger partial charge in [-0.3, -0.25) is 9.59 Å². The Morgan fingerprint density at radius 1 is 1.56 bits per heavy atom. The predicted molar refractivity (Wildman–Crippen MR) is 52.9 cm³/mol. The van der Waals surface area contributed by atoms with Gasteiger partial charge < -0.3 is 14.4 Å². The maximum absolute atomic E-state index is 11.1. The van der Waals surface area contributed by atoms with E-state index in [1.54, 1.807) is 13.0 Å². The van der Waals surface area contributed by atoms with Gasteiger partial charge in [0.25, 0.3) is 0 Å². The second kappa shape index (κ2) is 5.29. The van der Waals surface area contributed by atoms with Gasteiger partial charge in [-0.1, -0.05) is 5.16 Å². The Morgan fingerprint density at radius 2 is 2.25 bits per heavy atom. The Labute approximate surface area is 92.2 Å². The Kier molecular flexibility index (Phi) is 4.04. The molecule has 16 heavy (non-hydrogen) atoms. The van der Waals surface area contributed by atoms with Crippen LogP contribution in [0.1, 0.15) is 30.2 Å². The van der Waals surface area contributed by atoms with Crippen LogP contribution in [0.15, 0.2) is 10.6 Å². The van der Waals surface area contributed by atoms with Crippen LogP contribution in [0.2, 0.25) is 0 Å². The fourth-order valence-corrected chi connectivity index (χ4v) is 1.35. The predicted octanol–water partition coefficient (Wildman–Crippen LogP) is 1.10. The van der Waals surface area contributed by atoms with Crippen LogP contribution >= 0.6 is 0 Å². The maximum atomic E-state index is 11.1. The summed E-state index contributed by atoms with van der Waals surface area (Å²) in [6.45, 7) is 1.70. The molecule has 0 amide bonds. The average Bonchev–Trinajstić information content (AvgIpc) is 2.63. The van der Waals surface area contributed by atoms with Crippen molar-refractivity contribution in [1.82, 2.24) is 5.16 Å². The third kappa shape index (κ3) is 3.38. The number of nitrogens with zero attached hydrogens (tertiary/aromatic N) is 1. The molecule has 0 spiro atoms. The van der Waals surface area contributed by atoms with Crippen LogP contribution in [0.5, 0.6) is 0 Å². The summed E-state index contributed by atoms with van der Waals surface area (Å²) < 4.78 is 9.35. The van der Waals surface area contributed by atoms with E-state index in [4.69, 9.17) is 9.63 Å². The second-order valence-electron chi connectivity index (χ2n) is 3.44. The van der Waals surface area contributed by atoms with E-state index in [-0.39, 0.29) is 12.8 Å². The number of hydrogen-bond donors (Lipinski definition) is 1. The minimum absolute atomic E-state index is 0.0191. The molecule has 0 radical (unpaired) electrons. The number of methoxy groups -OCH3 is 1. The molecule has 6 nitrogen and oxygen atoms in total. The largest absolute Gasteiger partial charge is 0.481 e. The summed E-state index contributed by atoms with van der Waals surface area (Å²) in [4.78, 5) is 21.8. The molecule has 1 aromatic rings. The Balaban J connectivity index is 2.78. The summed E-state index contributed by atoms with van der Waals surface area (Å²) >= 11 is 0. The molecule has 6 heteroatoms. The zero-order valence-electron chi connectivity index (χ0n) is 9.10. The number of carbonyl (C=O) groups excluding carboxylic acids is 1. The highest BCUT2D eigenvalue weighted by molar-refractivity contribution is 5.73. The van der Waals surface area contributed by atoms with Crippen molar-refractivity contribution in [3.63, 3.8) is 0 Å². The molecule has 0 aliphatic heterocycles. The molecule has 0 saturated heterocycles. The lowest BCUT2D eigenvalue weighted by Crippen LogP contribution is -2.12. The number of carbonyl (C=O) groups is 2. The van der Waals surface area contributed by atoms with Gasteiger partial charge in [-0.15, -0.1) is 0 Å². The molecular weight excluding hydrogens is 214 g/mol. The fraction of sp³-hybridized carbons (Fsp3) is 0.500. The summed E-state index contributed by atoms with van der Waals surface area (Å²) in [5, 5.41) is 12.4. The van der Waals surface area contributed by atoms with E-state index in [1.807, 2.05) is 0 Å². The number of ether oxygens (including phenoxy) is 1. The van der Waals surface area contributed by atoms with Crippen LogP contribution < -0.4 is 0 Å². The first-order chi connectivity index (χ1) is 7.52. The van der Waals surface area contributed by atoms with Crippen molar-refractivity contribution >= 4 is 11.9 Å². The zero-order chi connectivity index (χ0) is 12.1. The van der Waals surface area contributed by atoms with Crippen LogP contribution in [-0.2, 0) is 14.3 Å².